The molecule has 0 saturated heterocycles. The number of nitrogens with one attached hydrogen (secondary N) is 1. The van der Waals surface area contributed by atoms with Gasteiger partial charge in [0.2, 0.25) is 10.0 Å². The minimum absolute atomic E-state index is 0.124. The fraction of sp³-hybridized carbons (Fsp3) is 0.472. The highest BCUT2D eigenvalue weighted by Gasteiger charge is 2.33. The van der Waals surface area contributed by atoms with Crippen molar-refractivity contribution in [2.24, 2.45) is 5.92 Å². The lowest BCUT2D eigenvalue weighted by Gasteiger charge is -2.33. The van der Waals surface area contributed by atoms with Crippen LogP contribution < -0.4 is 14.8 Å². The molecular weight excluding hydrogens is 604 g/mol. The van der Waals surface area contributed by atoms with E-state index in [1.165, 1.54) is 23.5 Å². The number of sulfonamides is 1. The molecule has 1 fully saturated rings. The maximum Gasteiger partial charge on any atom is 0.407 e. The van der Waals surface area contributed by atoms with E-state index >= 15 is 0 Å². The summed E-state index contributed by atoms with van der Waals surface area (Å²) in [5.41, 5.74) is 1.14. The van der Waals surface area contributed by atoms with Crippen LogP contribution in [0, 0.1) is 5.92 Å². The van der Waals surface area contributed by atoms with E-state index in [2.05, 4.69) is 5.32 Å². The van der Waals surface area contributed by atoms with Gasteiger partial charge in [0.15, 0.2) is 0 Å². The fourth-order valence-electron chi connectivity index (χ4n) is 5.62. The zero-order valence-electron chi connectivity index (χ0n) is 27.4. The third kappa shape index (κ3) is 10.7. The van der Waals surface area contributed by atoms with Crippen molar-refractivity contribution in [1.82, 2.24) is 9.62 Å². The summed E-state index contributed by atoms with van der Waals surface area (Å²) in [7, 11) is -2.44. The van der Waals surface area contributed by atoms with Crippen molar-refractivity contribution in [3.8, 4) is 11.5 Å². The number of amides is 1. The van der Waals surface area contributed by atoms with Gasteiger partial charge >= 0.3 is 6.09 Å². The Labute approximate surface area is 273 Å². The van der Waals surface area contributed by atoms with Gasteiger partial charge in [-0.05, 0) is 93.5 Å². The van der Waals surface area contributed by atoms with Crippen LogP contribution in [0.3, 0.4) is 0 Å². The zero-order chi connectivity index (χ0) is 33.2. The van der Waals surface area contributed by atoms with Crippen molar-refractivity contribution < 1.29 is 32.5 Å². The molecule has 9 nitrogen and oxygen atoms in total. The van der Waals surface area contributed by atoms with E-state index < -0.39 is 33.9 Å². The Bertz CT molecular complexity index is 1470. The van der Waals surface area contributed by atoms with Crippen molar-refractivity contribution in [2.75, 3.05) is 20.2 Å². The number of ether oxygens (including phenoxy) is 3. The molecule has 10 heteroatoms. The highest BCUT2D eigenvalue weighted by Crippen LogP contribution is 2.28. The van der Waals surface area contributed by atoms with Crippen LogP contribution >= 0.6 is 0 Å². The molecule has 1 saturated carbocycles. The first-order chi connectivity index (χ1) is 21.9. The number of methoxy groups -OCH3 is 1. The van der Waals surface area contributed by atoms with Crippen LogP contribution in [0.4, 0.5) is 4.79 Å². The number of rotatable bonds is 14. The number of alkyl carbamates (subject to hydrolysis) is 1. The van der Waals surface area contributed by atoms with Crippen LogP contribution in [0.25, 0.3) is 0 Å². The maximum absolute atomic E-state index is 14.0. The predicted octanol–water partition coefficient (Wildman–Crippen LogP) is 6.34. The lowest BCUT2D eigenvalue weighted by atomic mass is 9.89. The SMILES string of the molecule is COc1ccc(S(=O)(=O)N(CC2CCCCC2)C[C@@H](O)[C@H](Cc2ccc(OCc3ccccc3)cc2)NC(=O)OC(C)(C)C)cc1. The van der Waals surface area contributed by atoms with E-state index in [-0.39, 0.29) is 30.3 Å². The monoisotopic (exact) mass is 652 g/mol. The fourth-order valence-corrected chi connectivity index (χ4v) is 7.15. The number of aliphatic hydroxyl groups excluding tert-OH is 1. The van der Waals surface area contributed by atoms with Crippen molar-refractivity contribution in [2.45, 2.75) is 88.5 Å². The molecule has 0 bridgehead atoms. The summed E-state index contributed by atoms with van der Waals surface area (Å²) in [4.78, 5) is 13.0. The maximum atomic E-state index is 14.0. The molecule has 1 aliphatic carbocycles. The normalized spacial score (nSPS) is 15.6. The molecule has 0 spiro atoms. The number of benzene rings is 3. The van der Waals surface area contributed by atoms with Crippen LogP contribution in [0.1, 0.15) is 64.0 Å². The second kappa shape index (κ2) is 16.3. The molecule has 0 aliphatic heterocycles. The minimum Gasteiger partial charge on any atom is -0.497 e. The zero-order valence-corrected chi connectivity index (χ0v) is 28.2. The lowest BCUT2D eigenvalue weighted by Crippen LogP contribution is -2.52. The number of carbonyl (C=O) groups excluding carboxylic acids is 1. The Hall–Kier alpha value is -3.60. The van der Waals surface area contributed by atoms with E-state index in [4.69, 9.17) is 14.2 Å². The van der Waals surface area contributed by atoms with E-state index in [9.17, 15) is 18.3 Å². The molecule has 0 aromatic heterocycles. The number of carbonyl (C=O) groups is 1. The van der Waals surface area contributed by atoms with Gasteiger partial charge in [0.25, 0.3) is 0 Å². The summed E-state index contributed by atoms with van der Waals surface area (Å²) in [5, 5.41) is 14.5. The first-order valence-electron chi connectivity index (χ1n) is 16.0. The van der Waals surface area contributed by atoms with Crippen LogP contribution in [0.15, 0.2) is 83.8 Å². The molecule has 0 heterocycles. The van der Waals surface area contributed by atoms with Gasteiger partial charge in [0.1, 0.15) is 23.7 Å². The van der Waals surface area contributed by atoms with Gasteiger partial charge < -0.3 is 24.6 Å². The van der Waals surface area contributed by atoms with Crippen molar-refractivity contribution in [3.63, 3.8) is 0 Å². The molecule has 0 unspecified atom stereocenters. The molecule has 0 radical (unpaired) electrons. The van der Waals surface area contributed by atoms with Crippen molar-refractivity contribution in [3.05, 3.63) is 90.0 Å². The van der Waals surface area contributed by atoms with Gasteiger partial charge in [-0.2, -0.15) is 4.31 Å². The Morgan fingerprint density at radius 3 is 2.15 bits per heavy atom. The topological polar surface area (TPSA) is 114 Å². The number of nitrogens with zero attached hydrogens (tertiary/aromatic N) is 1. The molecule has 46 heavy (non-hydrogen) atoms. The summed E-state index contributed by atoms with van der Waals surface area (Å²) in [6, 6.07) is 22.8. The van der Waals surface area contributed by atoms with Crippen LogP contribution in [-0.4, -0.2) is 61.9 Å². The molecule has 4 rings (SSSR count). The van der Waals surface area contributed by atoms with Crippen molar-refractivity contribution >= 4 is 16.1 Å². The third-order valence-electron chi connectivity index (χ3n) is 8.07. The molecular formula is C36H48N2O7S. The van der Waals surface area contributed by atoms with E-state index in [0.717, 1.165) is 43.2 Å². The average molecular weight is 653 g/mol. The second-order valence-corrected chi connectivity index (χ2v) is 14.9. The van der Waals surface area contributed by atoms with Crippen molar-refractivity contribution in [1.29, 1.82) is 0 Å². The summed E-state index contributed by atoms with van der Waals surface area (Å²) in [6.45, 7) is 5.82. The van der Waals surface area contributed by atoms with E-state index in [1.807, 2.05) is 54.6 Å². The smallest absolute Gasteiger partial charge is 0.407 e. The first kappa shape index (κ1) is 35.3. The molecule has 1 aliphatic rings. The van der Waals surface area contributed by atoms with Crippen LogP contribution in [0.5, 0.6) is 11.5 Å². The molecule has 2 atom stereocenters. The summed E-state index contributed by atoms with van der Waals surface area (Å²) >= 11 is 0. The van der Waals surface area contributed by atoms with Gasteiger partial charge in [-0.15, -0.1) is 0 Å². The minimum atomic E-state index is -3.96. The highest BCUT2D eigenvalue weighted by atomic mass is 32.2. The summed E-state index contributed by atoms with van der Waals surface area (Å²) in [6.07, 6.45) is 3.46. The Kier molecular flexibility index (Phi) is 12.5. The standard InChI is InChI=1S/C36H48N2O7S/c1-36(2,3)45-35(40)37-33(23-27-15-17-31(18-16-27)44-26-29-13-9-6-10-14-29)34(39)25-38(24-28-11-7-5-8-12-28)46(41,42)32-21-19-30(43-4)20-22-32/h6,9-10,13-22,28,33-34,39H,5,7-8,11-12,23-26H2,1-4H3,(H,37,40)/t33-,34+/m0/s1. The molecule has 3 aromatic carbocycles. The molecule has 3 aromatic rings. The average Bonchev–Trinajstić information content (AvgIpc) is 3.04. The number of hydrogen-bond donors (Lipinski definition) is 2. The number of aliphatic hydroxyl groups is 1. The summed E-state index contributed by atoms with van der Waals surface area (Å²) < 4.78 is 46.0. The lowest BCUT2D eigenvalue weighted by molar-refractivity contribution is 0.0397. The number of hydrogen-bond acceptors (Lipinski definition) is 7. The first-order valence-corrected chi connectivity index (χ1v) is 17.4. The second-order valence-electron chi connectivity index (χ2n) is 12.9. The Morgan fingerprint density at radius 1 is 0.913 bits per heavy atom. The van der Waals surface area contributed by atoms with Gasteiger partial charge in [-0.3, -0.25) is 0 Å². The highest BCUT2D eigenvalue weighted by molar-refractivity contribution is 7.89. The molecule has 2 N–H and O–H groups in total. The van der Waals surface area contributed by atoms with Gasteiger partial charge in [-0.1, -0.05) is 61.7 Å². The summed E-state index contributed by atoms with van der Waals surface area (Å²) in [5.74, 6) is 1.43. The van der Waals surface area contributed by atoms with Crippen LogP contribution in [0.2, 0.25) is 0 Å². The van der Waals surface area contributed by atoms with Crippen LogP contribution in [-0.2, 0) is 27.8 Å². The van der Waals surface area contributed by atoms with E-state index in [1.54, 1.807) is 32.9 Å². The largest absolute Gasteiger partial charge is 0.497 e. The molecule has 250 valence electrons. The Morgan fingerprint density at radius 2 is 1.54 bits per heavy atom. The quantitative estimate of drug-likeness (QED) is 0.209. The van der Waals surface area contributed by atoms with Gasteiger partial charge in [0.05, 0.1) is 24.2 Å². The van der Waals surface area contributed by atoms with E-state index in [0.29, 0.717) is 18.1 Å². The van der Waals surface area contributed by atoms with Gasteiger partial charge in [0, 0.05) is 13.1 Å². The Balaban J connectivity index is 1.54. The third-order valence-corrected chi connectivity index (χ3v) is 9.91. The predicted molar refractivity (Wildman–Crippen MR) is 178 cm³/mol. The molecule has 1 amide bonds. The van der Waals surface area contributed by atoms with Gasteiger partial charge in [-0.25, -0.2) is 13.2 Å².